The third kappa shape index (κ3) is 3.85. The van der Waals surface area contributed by atoms with Gasteiger partial charge in [0.15, 0.2) is 0 Å². The largest absolute Gasteiger partial charge is 0.491 e. The molecule has 6 nitrogen and oxygen atoms in total. The Morgan fingerprint density at radius 2 is 1.77 bits per heavy atom. The quantitative estimate of drug-likeness (QED) is 0.807. The number of hydrogen-bond acceptors (Lipinski definition) is 4. The molecule has 0 radical (unpaired) electrons. The van der Waals surface area contributed by atoms with Crippen molar-refractivity contribution in [2.45, 2.75) is 31.7 Å². The number of nitrogens with zero attached hydrogens (tertiary/aromatic N) is 2. The van der Waals surface area contributed by atoms with E-state index < -0.39 is 0 Å². The average Bonchev–Trinajstić information content (AvgIpc) is 3.44. The first kappa shape index (κ1) is 17.3. The fourth-order valence-electron chi connectivity index (χ4n) is 3.70. The molecule has 3 aliphatic rings. The summed E-state index contributed by atoms with van der Waals surface area (Å²) in [5.74, 6) is 1.36. The van der Waals surface area contributed by atoms with Crippen molar-refractivity contribution in [2.75, 3.05) is 39.5 Å². The van der Waals surface area contributed by atoms with Crippen LogP contribution in [0.5, 0.6) is 5.75 Å². The van der Waals surface area contributed by atoms with Crippen molar-refractivity contribution >= 4 is 11.8 Å². The lowest BCUT2D eigenvalue weighted by atomic mass is 10.2. The molecule has 0 N–H and O–H groups in total. The van der Waals surface area contributed by atoms with Crippen molar-refractivity contribution < 1.29 is 19.1 Å². The minimum atomic E-state index is 0.0387. The van der Waals surface area contributed by atoms with Crippen LogP contribution in [0.1, 0.15) is 36.0 Å². The monoisotopic (exact) mass is 358 g/mol. The van der Waals surface area contributed by atoms with Crippen LogP contribution >= 0.6 is 0 Å². The van der Waals surface area contributed by atoms with Crippen molar-refractivity contribution in [3.8, 4) is 5.75 Å². The maximum Gasteiger partial charge on any atom is 0.254 e. The highest BCUT2D eigenvalue weighted by Crippen LogP contribution is 2.33. The van der Waals surface area contributed by atoms with E-state index in [2.05, 4.69) is 0 Å². The van der Waals surface area contributed by atoms with E-state index >= 15 is 0 Å². The number of morpholine rings is 1. The second kappa shape index (κ2) is 7.66. The van der Waals surface area contributed by atoms with Crippen LogP contribution in [0.2, 0.25) is 0 Å². The molecule has 1 atom stereocenters. The van der Waals surface area contributed by atoms with Gasteiger partial charge in [-0.15, -0.1) is 0 Å². The highest BCUT2D eigenvalue weighted by Gasteiger charge is 2.38. The van der Waals surface area contributed by atoms with E-state index in [0.717, 1.165) is 38.0 Å². The first-order valence-corrected chi connectivity index (χ1v) is 9.63. The summed E-state index contributed by atoms with van der Waals surface area (Å²) in [4.78, 5) is 28.6. The number of hydrogen-bond donors (Lipinski definition) is 0. The van der Waals surface area contributed by atoms with Gasteiger partial charge in [0.1, 0.15) is 12.4 Å². The average molecular weight is 358 g/mol. The number of likely N-dealkylation sites (tertiary alicyclic amines) is 1. The molecule has 1 aliphatic carbocycles. The van der Waals surface area contributed by atoms with E-state index in [0.29, 0.717) is 44.4 Å². The molecule has 1 aromatic rings. The summed E-state index contributed by atoms with van der Waals surface area (Å²) in [6, 6.07) is 7.49. The Morgan fingerprint density at radius 1 is 1.04 bits per heavy atom. The summed E-state index contributed by atoms with van der Waals surface area (Å²) < 4.78 is 11.2. The van der Waals surface area contributed by atoms with Crippen molar-refractivity contribution in [1.82, 2.24) is 9.80 Å². The van der Waals surface area contributed by atoms with Gasteiger partial charge in [-0.05, 0) is 49.9 Å². The smallest absolute Gasteiger partial charge is 0.254 e. The summed E-state index contributed by atoms with van der Waals surface area (Å²) >= 11 is 0. The molecule has 2 saturated heterocycles. The lowest BCUT2D eigenvalue weighted by molar-refractivity contribution is -0.133. The number of carbonyl (C=O) groups is 2. The number of carbonyl (C=O) groups excluding carboxylic acids is 2. The van der Waals surface area contributed by atoms with E-state index in [1.165, 1.54) is 0 Å². The summed E-state index contributed by atoms with van der Waals surface area (Å²) in [6.07, 6.45) is 4.15. The van der Waals surface area contributed by atoms with Crippen LogP contribution < -0.4 is 4.74 Å². The number of amides is 2. The summed E-state index contributed by atoms with van der Waals surface area (Å²) in [6.45, 7) is 3.87. The highest BCUT2D eigenvalue weighted by atomic mass is 16.5. The minimum Gasteiger partial charge on any atom is -0.491 e. The van der Waals surface area contributed by atoms with Crippen LogP contribution in [0.15, 0.2) is 24.3 Å². The van der Waals surface area contributed by atoms with Crippen molar-refractivity contribution in [3.63, 3.8) is 0 Å². The van der Waals surface area contributed by atoms with Gasteiger partial charge in [-0.3, -0.25) is 9.59 Å². The molecule has 1 aromatic carbocycles. The van der Waals surface area contributed by atoms with Crippen molar-refractivity contribution in [1.29, 1.82) is 0 Å². The molecular weight excluding hydrogens is 332 g/mol. The summed E-state index contributed by atoms with van der Waals surface area (Å²) in [5.41, 5.74) is 0.672. The fourth-order valence-corrected chi connectivity index (χ4v) is 3.70. The van der Waals surface area contributed by atoms with Crippen molar-refractivity contribution in [2.24, 2.45) is 5.92 Å². The third-order valence-corrected chi connectivity index (χ3v) is 5.43. The zero-order valence-corrected chi connectivity index (χ0v) is 15.1. The molecule has 0 aromatic heterocycles. The van der Waals surface area contributed by atoms with Crippen LogP contribution in [0.3, 0.4) is 0 Å². The van der Waals surface area contributed by atoms with Crippen LogP contribution in [-0.2, 0) is 9.53 Å². The molecule has 1 saturated carbocycles. The Morgan fingerprint density at radius 3 is 2.46 bits per heavy atom. The number of ether oxygens (including phenoxy) is 2. The molecule has 6 heteroatoms. The maximum atomic E-state index is 12.5. The Balaban J connectivity index is 1.31. The molecule has 26 heavy (non-hydrogen) atoms. The molecule has 1 unspecified atom stereocenters. The normalized spacial score (nSPS) is 23.2. The Labute approximate surface area is 154 Å². The Kier molecular flexibility index (Phi) is 5.11. The number of benzene rings is 1. The zero-order chi connectivity index (χ0) is 17.9. The van der Waals surface area contributed by atoms with Crippen molar-refractivity contribution in [3.05, 3.63) is 29.8 Å². The van der Waals surface area contributed by atoms with Crippen LogP contribution in [0, 0.1) is 5.92 Å². The molecule has 2 amide bonds. The zero-order valence-electron chi connectivity index (χ0n) is 15.1. The van der Waals surface area contributed by atoms with Gasteiger partial charge in [0.2, 0.25) is 5.91 Å². The first-order valence-electron chi connectivity index (χ1n) is 9.63. The van der Waals surface area contributed by atoms with Gasteiger partial charge in [-0.2, -0.15) is 0 Å². The molecule has 2 heterocycles. The van der Waals surface area contributed by atoms with Gasteiger partial charge in [0.25, 0.3) is 5.91 Å². The van der Waals surface area contributed by atoms with Gasteiger partial charge < -0.3 is 19.3 Å². The molecule has 2 aliphatic heterocycles. The van der Waals surface area contributed by atoms with Crippen LogP contribution in [0.25, 0.3) is 0 Å². The summed E-state index contributed by atoms with van der Waals surface area (Å²) in [7, 11) is 0. The van der Waals surface area contributed by atoms with Gasteiger partial charge in [-0.25, -0.2) is 0 Å². The third-order valence-electron chi connectivity index (χ3n) is 5.43. The Hall–Kier alpha value is -2.08. The molecule has 4 rings (SSSR count). The van der Waals surface area contributed by atoms with Gasteiger partial charge in [0, 0.05) is 31.1 Å². The lowest BCUT2D eigenvalue weighted by Crippen LogP contribution is -2.40. The number of rotatable bonds is 5. The van der Waals surface area contributed by atoms with E-state index in [9.17, 15) is 9.59 Å². The van der Waals surface area contributed by atoms with Gasteiger partial charge >= 0.3 is 0 Å². The van der Waals surface area contributed by atoms with E-state index in [4.69, 9.17) is 9.47 Å². The molecule has 3 fully saturated rings. The van der Waals surface area contributed by atoms with Crippen LogP contribution in [-0.4, -0.2) is 67.1 Å². The second-order valence-electron chi connectivity index (χ2n) is 7.34. The minimum absolute atomic E-state index is 0.0387. The highest BCUT2D eigenvalue weighted by molar-refractivity contribution is 5.94. The molecular formula is C20H26N2O4. The predicted octanol–water partition coefficient (Wildman–Crippen LogP) is 1.94. The lowest BCUT2D eigenvalue weighted by Gasteiger charge is -2.27. The van der Waals surface area contributed by atoms with Gasteiger partial charge in [-0.1, -0.05) is 0 Å². The second-order valence-corrected chi connectivity index (χ2v) is 7.34. The predicted molar refractivity (Wildman–Crippen MR) is 96.1 cm³/mol. The first-order chi connectivity index (χ1) is 12.7. The fraction of sp³-hybridized carbons (Fsp3) is 0.600. The van der Waals surface area contributed by atoms with E-state index in [1.807, 2.05) is 34.1 Å². The molecule has 0 spiro atoms. The Bertz CT molecular complexity index is 650. The topological polar surface area (TPSA) is 59.1 Å². The molecule has 0 bridgehead atoms. The molecule has 140 valence electrons. The van der Waals surface area contributed by atoms with E-state index in [-0.39, 0.29) is 17.9 Å². The maximum absolute atomic E-state index is 12.5. The standard InChI is InChI=1S/C20H26N2O4/c23-19(21-10-12-25-13-11-21)15-5-7-18(8-6-15)26-14-17-2-1-9-22(17)20(24)16-3-4-16/h5-8,16-17H,1-4,9-14H2. The van der Waals surface area contributed by atoms with Gasteiger partial charge in [0.05, 0.1) is 19.3 Å². The van der Waals surface area contributed by atoms with Crippen LogP contribution in [0.4, 0.5) is 0 Å². The summed E-state index contributed by atoms with van der Waals surface area (Å²) in [5, 5.41) is 0. The SMILES string of the molecule is O=C(c1ccc(OCC2CCCN2C(=O)C2CC2)cc1)N1CCOCC1. The van der Waals surface area contributed by atoms with E-state index in [1.54, 1.807) is 0 Å².